The summed E-state index contributed by atoms with van der Waals surface area (Å²) < 4.78 is 0. The maximum Gasteiger partial charge on any atom is 0.407 e. The van der Waals surface area contributed by atoms with Crippen LogP contribution in [0.2, 0.25) is 0 Å². The molecule has 4 nitrogen and oxygen atoms in total. The molecule has 1 aliphatic carbocycles. The molecule has 4 heteroatoms. The summed E-state index contributed by atoms with van der Waals surface area (Å²) in [4.78, 5) is 12.9. The van der Waals surface area contributed by atoms with Crippen LogP contribution in [0.4, 0.5) is 4.79 Å². The fourth-order valence-corrected chi connectivity index (χ4v) is 2.73. The summed E-state index contributed by atoms with van der Waals surface area (Å²) in [5.74, 6) is 0.465. The van der Waals surface area contributed by atoms with Crippen LogP contribution in [-0.2, 0) is 0 Å². The van der Waals surface area contributed by atoms with E-state index in [1.54, 1.807) is 4.90 Å². The van der Waals surface area contributed by atoms with E-state index < -0.39 is 6.09 Å². The lowest BCUT2D eigenvalue weighted by molar-refractivity contribution is 0.0507. The third kappa shape index (κ3) is 3.62. The third-order valence-electron chi connectivity index (χ3n) is 3.49. The van der Waals surface area contributed by atoms with Crippen molar-refractivity contribution in [1.82, 2.24) is 4.90 Å². The van der Waals surface area contributed by atoms with Crippen LogP contribution in [0.25, 0.3) is 0 Å². The van der Waals surface area contributed by atoms with Gasteiger partial charge in [-0.05, 0) is 52.4 Å². The fraction of sp³-hybridized carbons (Fsp3) is 0.846. The maximum absolute atomic E-state index is 11.3. The van der Waals surface area contributed by atoms with Crippen molar-refractivity contribution >= 4 is 6.09 Å². The molecule has 0 aromatic carbocycles. The minimum Gasteiger partial charge on any atom is -0.465 e. The Morgan fingerprint density at radius 3 is 2.24 bits per heavy atom. The average molecular weight is 238 g/mol. The number of carbonyl (C=O) groups is 1. The summed E-state index contributed by atoms with van der Waals surface area (Å²) in [6.45, 7) is 5.80. The second kappa shape index (κ2) is 5.39. The van der Waals surface area contributed by atoms with Gasteiger partial charge in [0, 0.05) is 18.0 Å². The van der Waals surface area contributed by atoms with E-state index in [4.69, 9.17) is 5.26 Å². The topological polar surface area (TPSA) is 64.3 Å². The molecular weight excluding hydrogens is 216 g/mol. The molecule has 1 N–H and O–H groups in total. The minimum atomic E-state index is -0.832. The molecule has 0 saturated heterocycles. The van der Waals surface area contributed by atoms with Crippen molar-refractivity contribution in [2.24, 2.45) is 5.92 Å². The van der Waals surface area contributed by atoms with Gasteiger partial charge in [0.25, 0.3) is 0 Å². The predicted molar refractivity (Wildman–Crippen MR) is 65.6 cm³/mol. The Kier molecular flexibility index (Phi) is 4.39. The van der Waals surface area contributed by atoms with E-state index in [-0.39, 0.29) is 11.6 Å². The first-order valence-electron chi connectivity index (χ1n) is 6.25. The molecule has 0 bridgehead atoms. The van der Waals surface area contributed by atoms with Crippen LogP contribution < -0.4 is 0 Å². The molecule has 1 aliphatic rings. The summed E-state index contributed by atoms with van der Waals surface area (Å²) >= 11 is 0. The summed E-state index contributed by atoms with van der Waals surface area (Å²) in [5.41, 5.74) is -0.349. The van der Waals surface area contributed by atoms with Crippen LogP contribution in [0.15, 0.2) is 0 Å². The van der Waals surface area contributed by atoms with Crippen molar-refractivity contribution in [3.05, 3.63) is 0 Å². The van der Waals surface area contributed by atoms with Crippen molar-refractivity contribution in [3.8, 4) is 6.07 Å². The van der Waals surface area contributed by atoms with E-state index in [1.165, 1.54) is 0 Å². The largest absolute Gasteiger partial charge is 0.465 e. The number of rotatable bonds is 2. The average Bonchev–Trinajstić information content (AvgIpc) is 2.18. The SMILES string of the molecule is CC(C)(C)N(C(=O)O)[C@H]1CC[C@H](CC#N)CC1. The van der Waals surface area contributed by atoms with E-state index in [0.29, 0.717) is 12.3 Å². The second-order valence-corrected chi connectivity index (χ2v) is 5.86. The monoisotopic (exact) mass is 238 g/mol. The van der Waals surface area contributed by atoms with Gasteiger partial charge in [0.15, 0.2) is 0 Å². The zero-order chi connectivity index (χ0) is 13.1. The quantitative estimate of drug-likeness (QED) is 0.803. The summed E-state index contributed by atoms with van der Waals surface area (Å²) in [7, 11) is 0. The molecule has 0 spiro atoms. The molecule has 0 aromatic heterocycles. The highest BCUT2D eigenvalue weighted by atomic mass is 16.4. The lowest BCUT2D eigenvalue weighted by atomic mass is 9.82. The number of hydrogen-bond acceptors (Lipinski definition) is 2. The lowest BCUT2D eigenvalue weighted by Crippen LogP contribution is -2.52. The molecule has 0 unspecified atom stereocenters. The molecule has 96 valence electrons. The zero-order valence-corrected chi connectivity index (χ0v) is 10.9. The fourth-order valence-electron chi connectivity index (χ4n) is 2.73. The number of nitrogens with zero attached hydrogens (tertiary/aromatic N) is 2. The van der Waals surface area contributed by atoms with Crippen molar-refractivity contribution in [3.63, 3.8) is 0 Å². The number of nitriles is 1. The Bertz CT molecular complexity index is 306. The zero-order valence-electron chi connectivity index (χ0n) is 10.9. The maximum atomic E-state index is 11.3. The van der Waals surface area contributed by atoms with Gasteiger partial charge in [0.05, 0.1) is 6.07 Å². The summed E-state index contributed by atoms with van der Waals surface area (Å²) in [6, 6.07) is 2.32. The smallest absolute Gasteiger partial charge is 0.407 e. The molecule has 0 radical (unpaired) electrons. The van der Waals surface area contributed by atoms with Crippen LogP contribution >= 0.6 is 0 Å². The second-order valence-electron chi connectivity index (χ2n) is 5.86. The summed E-state index contributed by atoms with van der Waals surface area (Å²) in [6.07, 6.45) is 3.48. The number of carboxylic acid groups (broad SMARTS) is 1. The highest BCUT2D eigenvalue weighted by Gasteiger charge is 2.35. The van der Waals surface area contributed by atoms with Crippen molar-refractivity contribution in [2.45, 2.75) is 64.5 Å². The van der Waals surface area contributed by atoms with E-state index in [0.717, 1.165) is 25.7 Å². The van der Waals surface area contributed by atoms with Crippen LogP contribution in [0, 0.1) is 17.2 Å². The Morgan fingerprint density at radius 1 is 1.35 bits per heavy atom. The van der Waals surface area contributed by atoms with Gasteiger partial charge >= 0.3 is 6.09 Å². The van der Waals surface area contributed by atoms with Gasteiger partial charge in [0.1, 0.15) is 0 Å². The van der Waals surface area contributed by atoms with Crippen molar-refractivity contribution < 1.29 is 9.90 Å². The number of hydrogen-bond donors (Lipinski definition) is 1. The van der Waals surface area contributed by atoms with Crippen LogP contribution in [0.1, 0.15) is 52.9 Å². The van der Waals surface area contributed by atoms with Gasteiger partial charge in [-0.15, -0.1) is 0 Å². The Morgan fingerprint density at radius 2 is 1.88 bits per heavy atom. The van der Waals surface area contributed by atoms with Crippen LogP contribution in [0.5, 0.6) is 0 Å². The molecule has 0 aromatic rings. The first kappa shape index (κ1) is 13.8. The molecule has 1 rings (SSSR count). The van der Waals surface area contributed by atoms with Crippen LogP contribution in [0.3, 0.4) is 0 Å². The molecule has 0 aliphatic heterocycles. The molecule has 1 fully saturated rings. The predicted octanol–water partition coefficient (Wildman–Crippen LogP) is 3.24. The van der Waals surface area contributed by atoms with Gasteiger partial charge in [-0.25, -0.2) is 4.79 Å². The van der Waals surface area contributed by atoms with E-state index in [9.17, 15) is 9.90 Å². The highest BCUT2D eigenvalue weighted by Crippen LogP contribution is 2.32. The standard InChI is InChI=1S/C13H22N2O2/c1-13(2,3)15(12(16)17)11-6-4-10(5-7-11)8-9-14/h10-11H,4-8H2,1-3H3,(H,16,17)/t10-,11-. The molecule has 1 amide bonds. The lowest BCUT2D eigenvalue weighted by Gasteiger charge is -2.42. The normalized spacial score (nSPS) is 25.1. The first-order valence-corrected chi connectivity index (χ1v) is 6.25. The van der Waals surface area contributed by atoms with Crippen molar-refractivity contribution in [2.75, 3.05) is 0 Å². The molecule has 1 saturated carbocycles. The van der Waals surface area contributed by atoms with Gasteiger partial charge in [0.2, 0.25) is 0 Å². The van der Waals surface area contributed by atoms with Gasteiger partial charge in [-0.1, -0.05) is 0 Å². The molecule has 0 atom stereocenters. The van der Waals surface area contributed by atoms with E-state index >= 15 is 0 Å². The Labute approximate surface area is 103 Å². The van der Waals surface area contributed by atoms with Gasteiger partial charge in [-0.2, -0.15) is 5.26 Å². The Hall–Kier alpha value is -1.24. The highest BCUT2D eigenvalue weighted by molar-refractivity contribution is 5.66. The van der Waals surface area contributed by atoms with E-state index in [2.05, 4.69) is 6.07 Å². The van der Waals surface area contributed by atoms with Gasteiger partial charge < -0.3 is 10.0 Å². The molecular formula is C13H22N2O2. The Balaban J connectivity index is 2.62. The van der Waals surface area contributed by atoms with E-state index in [1.807, 2.05) is 20.8 Å². The molecule has 17 heavy (non-hydrogen) atoms. The minimum absolute atomic E-state index is 0.113. The molecule has 0 heterocycles. The summed E-state index contributed by atoms with van der Waals surface area (Å²) in [5, 5.41) is 18.0. The first-order chi connectivity index (χ1) is 7.86. The number of amides is 1. The van der Waals surface area contributed by atoms with Crippen molar-refractivity contribution in [1.29, 1.82) is 5.26 Å². The third-order valence-corrected chi connectivity index (χ3v) is 3.49. The van der Waals surface area contributed by atoms with Crippen LogP contribution in [-0.4, -0.2) is 27.7 Å². The van der Waals surface area contributed by atoms with Gasteiger partial charge in [-0.3, -0.25) is 0 Å².